The number of para-hydroxylation sites is 1. The van der Waals surface area contributed by atoms with E-state index in [0.717, 1.165) is 37.5 Å². The Balaban J connectivity index is 2.34. The first kappa shape index (κ1) is 12.2. The average molecular weight is 235 g/mol. The molecule has 1 atom stereocenters. The Morgan fingerprint density at radius 2 is 2.29 bits per heavy atom. The fourth-order valence-corrected chi connectivity index (χ4v) is 2.31. The molecule has 1 heterocycles. The monoisotopic (exact) mass is 235 g/mol. The van der Waals surface area contributed by atoms with Crippen LogP contribution < -0.4 is 14.8 Å². The zero-order valence-corrected chi connectivity index (χ0v) is 10.7. The van der Waals surface area contributed by atoms with E-state index in [9.17, 15) is 0 Å². The van der Waals surface area contributed by atoms with Crippen LogP contribution in [0.4, 0.5) is 0 Å². The smallest absolute Gasteiger partial charge is 0.165 e. The van der Waals surface area contributed by atoms with Gasteiger partial charge in [-0.1, -0.05) is 19.1 Å². The molecule has 0 bridgehead atoms. The van der Waals surface area contributed by atoms with Gasteiger partial charge in [-0.05, 0) is 32.4 Å². The van der Waals surface area contributed by atoms with E-state index >= 15 is 0 Å². The molecule has 1 aromatic rings. The quantitative estimate of drug-likeness (QED) is 0.870. The maximum absolute atomic E-state index is 5.84. The summed E-state index contributed by atoms with van der Waals surface area (Å²) in [5, 5.41) is 3.51. The Hall–Kier alpha value is -1.22. The van der Waals surface area contributed by atoms with Gasteiger partial charge in [0.25, 0.3) is 0 Å². The second-order valence-electron chi connectivity index (χ2n) is 4.21. The second-order valence-corrected chi connectivity index (χ2v) is 4.21. The summed E-state index contributed by atoms with van der Waals surface area (Å²) < 4.78 is 11.5. The Bertz CT molecular complexity index is 365. The molecule has 94 valence electrons. The molecular weight excluding hydrogens is 214 g/mol. The molecule has 0 fully saturated rings. The Morgan fingerprint density at radius 3 is 3.06 bits per heavy atom. The van der Waals surface area contributed by atoms with Crippen LogP contribution >= 0.6 is 0 Å². The molecule has 0 radical (unpaired) electrons. The molecule has 0 aromatic heterocycles. The van der Waals surface area contributed by atoms with Crippen LogP contribution in [0.3, 0.4) is 0 Å². The molecule has 1 aliphatic heterocycles. The Kier molecular flexibility index (Phi) is 4.26. The van der Waals surface area contributed by atoms with Gasteiger partial charge in [0.2, 0.25) is 0 Å². The maximum atomic E-state index is 5.84. The summed E-state index contributed by atoms with van der Waals surface area (Å²) in [5.41, 5.74) is 1.23. The molecule has 1 N–H and O–H groups in total. The third kappa shape index (κ3) is 2.72. The van der Waals surface area contributed by atoms with Gasteiger partial charge in [-0.25, -0.2) is 0 Å². The molecule has 17 heavy (non-hydrogen) atoms. The molecule has 1 aliphatic rings. The minimum Gasteiger partial charge on any atom is -0.490 e. The van der Waals surface area contributed by atoms with E-state index in [4.69, 9.17) is 9.47 Å². The second kappa shape index (κ2) is 5.92. The number of fused-ring (bicyclic) bond motifs is 1. The lowest BCUT2D eigenvalue weighted by Crippen LogP contribution is -2.20. The molecule has 0 amide bonds. The van der Waals surface area contributed by atoms with E-state index in [-0.39, 0.29) is 0 Å². The zero-order chi connectivity index (χ0) is 12.1. The van der Waals surface area contributed by atoms with Crippen molar-refractivity contribution in [1.82, 2.24) is 5.32 Å². The van der Waals surface area contributed by atoms with Crippen molar-refractivity contribution in [3.05, 3.63) is 23.8 Å². The highest BCUT2D eigenvalue weighted by molar-refractivity contribution is 5.48. The summed E-state index contributed by atoms with van der Waals surface area (Å²) in [7, 11) is 0. The number of nitrogens with one attached hydrogen (secondary N) is 1. The van der Waals surface area contributed by atoms with Crippen molar-refractivity contribution in [3.63, 3.8) is 0 Å². The van der Waals surface area contributed by atoms with Crippen LogP contribution in [-0.2, 0) is 0 Å². The molecule has 3 nitrogen and oxygen atoms in total. The van der Waals surface area contributed by atoms with Gasteiger partial charge in [0.15, 0.2) is 11.5 Å². The molecular formula is C14H21NO2. The zero-order valence-electron chi connectivity index (χ0n) is 10.7. The molecule has 0 spiro atoms. The van der Waals surface area contributed by atoms with Crippen molar-refractivity contribution in [3.8, 4) is 11.5 Å². The van der Waals surface area contributed by atoms with Crippen molar-refractivity contribution < 1.29 is 9.47 Å². The first-order chi connectivity index (χ1) is 8.36. The van der Waals surface area contributed by atoms with Crippen LogP contribution in [0.15, 0.2) is 18.2 Å². The van der Waals surface area contributed by atoms with Crippen molar-refractivity contribution in [2.45, 2.75) is 32.7 Å². The lowest BCUT2D eigenvalue weighted by atomic mass is 10.0. The highest BCUT2D eigenvalue weighted by atomic mass is 16.5. The largest absolute Gasteiger partial charge is 0.490 e. The van der Waals surface area contributed by atoms with E-state index in [1.54, 1.807) is 0 Å². The molecule has 1 unspecified atom stereocenters. The summed E-state index contributed by atoms with van der Waals surface area (Å²) in [6.45, 7) is 6.56. The number of benzene rings is 1. The summed E-state index contributed by atoms with van der Waals surface area (Å²) in [6, 6.07) is 6.55. The van der Waals surface area contributed by atoms with Crippen molar-refractivity contribution in [2.24, 2.45) is 0 Å². The number of hydrogen-bond acceptors (Lipinski definition) is 3. The van der Waals surface area contributed by atoms with Gasteiger partial charge in [0.05, 0.1) is 13.2 Å². The average Bonchev–Trinajstić information content (AvgIpc) is 2.54. The number of hydrogen-bond donors (Lipinski definition) is 1. The van der Waals surface area contributed by atoms with E-state index in [1.807, 2.05) is 19.1 Å². The van der Waals surface area contributed by atoms with Gasteiger partial charge in [0, 0.05) is 11.6 Å². The van der Waals surface area contributed by atoms with Crippen LogP contribution in [0.5, 0.6) is 11.5 Å². The van der Waals surface area contributed by atoms with Gasteiger partial charge < -0.3 is 14.8 Å². The van der Waals surface area contributed by atoms with Crippen molar-refractivity contribution in [1.29, 1.82) is 0 Å². The van der Waals surface area contributed by atoms with Gasteiger partial charge in [-0.2, -0.15) is 0 Å². The Labute approximate surface area is 103 Å². The third-order valence-electron chi connectivity index (χ3n) is 3.02. The number of ether oxygens (including phenoxy) is 2. The Morgan fingerprint density at radius 1 is 1.41 bits per heavy atom. The fraction of sp³-hybridized carbons (Fsp3) is 0.571. The first-order valence-electron chi connectivity index (χ1n) is 6.48. The van der Waals surface area contributed by atoms with Crippen LogP contribution in [0.1, 0.15) is 38.3 Å². The van der Waals surface area contributed by atoms with Crippen LogP contribution in [0, 0.1) is 0 Å². The van der Waals surface area contributed by atoms with Gasteiger partial charge >= 0.3 is 0 Å². The summed E-state index contributed by atoms with van der Waals surface area (Å²) in [5.74, 6) is 1.80. The van der Waals surface area contributed by atoms with Crippen molar-refractivity contribution in [2.75, 3.05) is 19.8 Å². The molecule has 3 heteroatoms. The maximum Gasteiger partial charge on any atom is 0.165 e. The highest BCUT2D eigenvalue weighted by Crippen LogP contribution is 2.38. The fourth-order valence-electron chi connectivity index (χ4n) is 2.31. The third-order valence-corrected chi connectivity index (χ3v) is 3.02. The molecule has 2 rings (SSSR count). The van der Waals surface area contributed by atoms with Crippen LogP contribution in [-0.4, -0.2) is 19.8 Å². The standard InChI is InChI=1S/C14H21NO2/c1-3-15-12-8-6-10-17-14-11(12)7-5-9-13(14)16-4-2/h5,7,9,12,15H,3-4,6,8,10H2,1-2H3. The molecule has 1 aromatic carbocycles. The lowest BCUT2D eigenvalue weighted by Gasteiger charge is -2.19. The van der Waals surface area contributed by atoms with Crippen LogP contribution in [0.2, 0.25) is 0 Å². The van der Waals surface area contributed by atoms with Crippen LogP contribution in [0.25, 0.3) is 0 Å². The number of rotatable bonds is 4. The summed E-state index contributed by atoms with van der Waals surface area (Å²) in [4.78, 5) is 0. The first-order valence-corrected chi connectivity index (χ1v) is 6.48. The van der Waals surface area contributed by atoms with Gasteiger partial charge in [0.1, 0.15) is 0 Å². The van der Waals surface area contributed by atoms with E-state index in [2.05, 4.69) is 18.3 Å². The predicted octanol–water partition coefficient (Wildman–Crippen LogP) is 2.91. The lowest BCUT2D eigenvalue weighted by molar-refractivity contribution is 0.277. The van der Waals surface area contributed by atoms with Crippen molar-refractivity contribution >= 4 is 0 Å². The minimum absolute atomic E-state index is 0.387. The minimum atomic E-state index is 0.387. The van der Waals surface area contributed by atoms with Gasteiger partial charge in [-0.15, -0.1) is 0 Å². The van der Waals surface area contributed by atoms with E-state index in [1.165, 1.54) is 5.56 Å². The predicted molar refractivity (Wildman–Crippen MR) is 68.8 cm³/mol. The van der Waals surface area contributed by atoms with E-state index < -0.39 is 0 Å². The highest BCUT2D eigenvalue weighted by Gasteiger charge is 2.21. The SMILES string of the molecule is CCNC1CCCOc2c(OCC)cccc21. The van der Waals surface area contributed by atoms with Gasteiger partial charge in [-0.3, -0.25) is 0 Å². The normalized spacial score (nSPS) is 19.1. The molecule has 0 saturated carbocycles. The molecule has 0 aliphatic carbocycles. The molecule has 0 saturated heterocycles. The summed E-state index contributed by atoms with van der Waals surface area (Å²) in [6.07, 6.45) is 2.20. The summed E-state index contributed by atoms with van der Waals surface area (Å²) >= 11 is 0. The van der Waals surface area contributed by atoms with E-state index in [0.29, 0.717) is 12.6 Å². The topological polar surface area (TPSA) is 30.5 Å².